The van der Waals surface area contributed by atoms with E-state index < -0.39 is 0 Å². The number of methoxy groups -OCH3 is 1. The minimum atomic E-state index is 0.812. The summed E-state index contributed by atoms with van der Waals surface area (Å²) in [5, 5.41) is 1.29. The topological polar surface area (TPSA) is 21.7 Å². The summed E-state index contributed by atoms with van der Waals surface area (Å²) in [6.07, 6.45) is 0. The molecule has 2 heterocycles. The highest BCUT2D eigenvalue weighted by atomic mass is 32.1. The van der Waals surface area contributed by atoms with Crippen molar-refractivity contribution in [2.45, 2.75) is 0 Å². The summed E-state index contributed by atoms with van der Waals surface area (Å²) in [6, 6.07) is 12.4. The molecule has 0 amide bonds. The van der Waals surface area contributed by atoms with Crippen molar-refractivity contribution in [2.75, 3.05) is 38.3 Å². The number of benzene rings is 1. The molecule has 0 unspecified atom stereocenters. The summed E-state index contributed by atoms with van der Waals surface area (Å²) in [7, 11) is 1.68. The number of rotatable bonds is 4. The Morgan fingerprint density at radius 3 is 2.52 bits per heavy atom. The third-order valence-electron chi connectivity index (χ3n) is 3.65. The molecule has 2 aromatic rings. The molecule has 1 fully saturated rings. The number of hydrogen-bond acceptors (Lipinski definition) is 4. The molecule has 1 aromatic heterocycles. The molecule has 4 heteroatoms. The Bertz CT molecular complexity index is 612. The first-order valence-corrected chi connectivity index (χ1v) is 7.86. The van der Waals surface area contributed by atoms with Crippen LogP contribution in [0.4, 0.5) is 5.00 Å². The molecule has 1 aliphatic heterocycles. The third-order valence-corrected chi connectivity index (χ3v) is 4.86. The van der Waals surface area contributed by atoms with E-state index in [0.717, 1.165) is 43.2 Å². The first-order chi connectivity index (χ1) is 10.3. The highest BCUT2D eigenvalue weighted by Crippen LogP contribution is 2.33. The number of anilines is 1. The van der Waals surface area contributed by atoms with Gasteiger partial charge in [0.15, 0.2) is 0 Å². The van der Waals surface area contributed by atoms with Crippen LogP contribution >= 0.6 is 11.3 Å². The van der Waals surface area contributed by atoms with Crippen LogP contribution in [-0.2, 0) is 4.74 Å². The lowest BCUT2D eigenvalue weighted by Gasteiger charge is -2.27. The van der Waals surface area contributed by atoms with E-state index in [0.29, 0.717) is 0 Å². The van der Waals surface area contributed by atoms with Gasteiger partial charge >= 0.3 is 0 Å². The fourth-order valence-corrected chi connectivity index (χ4v) is 3.43. The minimum absolute atomic E-state index is 0.812. The van der Waals surface area contributed by atoms with Crippen molar-refractivity contribution >= 4 is 21.9 Å². The zero-order valence-corrected chi connectivity index (χ0v) is 13.0. The molecule has 3 rings (SSSR count). The molecule has 21 heavy (non-hydrogen) atoms. The Morgan fingerprint density at radius 1 is 1.14 bits per heavy atom. The largest absolute Gasteiger partial charge is 0.497 e. The molecule has 0 bridgehead atoms. The van der Waals surface area contributed by atoms with Gasteiger partial charge in [-0.2, -0.15) is 0 Å². The Balaban J connectivity index is 1.76. The average molecular weight is 301 g/mol. The normalized spacial score (nSPS) is 15.0. The van der Waals surface area contributed by atoms with Crippen LogP contribution in [0.3, 0.4) is 0 Å². The maximum absolute atomic E-state index is 5.40. The number of hydrogen-bond donors (Lipinski definition) is 0. The van der Waals surface area contributed by atoms with Crippen LogP contribution in [0.5, 0.6) is 5.75 Å². The lowest BCUT2D eigenvalue weighted by atomic mass is 10.1. The van der Waals surface area contributed by atoms with E-state index in [2.05, 4.69) is 35.7 Å². The standard InChI is InChI=1S/C17H19NO2S/c1-13(14-3-5-15(19-2)6-4-14)16-7-8-17(21-16)18-9-11-20-12-10-18/h3-8H,1,9-12H2,2H3. The first kappa shape index (κ1) is 14.2. The summed E-state index contributed by atoms with van der Waals surface area (Å²) in [5.74, 6) is 0.867. The Labute approximate surface area is 129 Å². The summed E-state index contributed by atoms with van der Waals surface area (Å²) in [5.41, 5.74) is 2.19. The van der Waals surface area contributed by atoms with Gasteiger partial charge in [-0.1, -0.05) is 18.7 Å². The van der Waals surface area contributed by atoms with Crippen molar-refractivity contribution in [2.24, 2.45) is 0 Å². The zero-order chi connectivity index (χ0) is 14.7. The Kier molecular flexibility index (Phi) is 4.27. The number of morpholine rings is 1. The highest BCUT2D eigenvalue weighted by Gasteiger charge is 2.14. The second kappa shape index (κ2) is 6.33. The van der Waals surface area contributed by atoms with Gasteiger partial charge in [-0.25, -0.2) is 0 Å². The maximum Gasteiger partial charge on any atom is 0.118 e. The molecule has 0 saturated carbocycles. The molecule has 1 aromatic carbocycles. The van der Waals surface area contributed by atoms with E-state index >= 15 is 0 Å². The molecule has 0 spiro atoms. The lowest BCUT2D eigenvalue weighted by Crippen LogP contribution is -2.35. The van der Waals surface area contributed by atoms with Crippen molar-refractivity contribution in [3.8, 4) is 5.75 Å². The van der Waals surface area contributed by atoms with Gasteiger partial charge in [0.25, 0.3) is 0 Å². The van der Waals surface area contributed by atoms with Gasteiger partial charge in [-0.3, -0.25) is 0 Å². The highest BCUT2D eigenvalue weighted by molar-refractivity contribution is 7.17. The Hall–Kier alpha value is -1.78. The number of ether oxygens (including phenoxy) is 2. The van der Waals surface area contributed by atoms with Crippen molar-refractivity contribution < 1.29 is 9.47 Å². The molecule has 0 atom stereocenters. The predicted octanol–water partition coefficient (Wildman–Crippen LogP) is 3.65. The quantitative estimate of drug-likeness (QED) is 0.860. The van der Waals surface area contributed by atoms with Crippen LogP contribution in [0, 0.1) is 0 Å². The van der Waals surface area contributed by atoms with E-state index in [-0.39, 0.29) is 0 Å². The third kappa shape index (κ3) is 3.12. The van der Waals surface area contributed by atoms with E-state index in [4.69, 9.17) is 9.47 Å². The summed E-state index contributed by atoms with van der Waals surface area (Å²) in [6.45, 7) is 7.79. The zero-order valence-electron chi connectivity index (χ0n) is 12.2. The molecule has 110 valence electrons. The number of nitrogens with zero attached hydrogens (tertiary/aromatic N) is 1. The summed E-state index contributed by atoms with van der Waals surface area (Å²) < 4.78 is 10.6. The van der Waals surface area contributed by atoms with Gasteiger partial charge in [0.05, 0.1) is 25.3 Å². The molecule has 1 saturated heterocycles. The van der Waals surface area contributed by atoms with Crippen molar-refractivity contribution in [3.63, 3.8) is 0 Å². The van der Waals surface area contributed by atoms with Crippen LogP contribution in [-0.4, -0.2) is 33.4 Å². The van der Waals surface area contributed by atoms with Crippen LogP contribution in [0.25, 0.3) is 5.57 Å². The van der Waals surface area contributed by atoms with Crippen LogP contribution in [0.1, 0.15) is 10.4 Å². The second-order valence-corrected chi connectivity index (χ2v) is 6.01. The van der Waals surface area contributed by atoms with Gasteiger partial charge in [0.2, 0.25) is 0 Å². The fourth-order valence-electron chi connectivity index (χ4n) is 2.38. The van der Waals surface area contributed by atoms with E-state index in [9.17, 15) is 0 Å². The molecular weight excluding hydrogens is 282 g/mol. The lowest BCUT2D eigenvalue weighted by molar-refractivity contribution is 0.123. The van der Waals surface area contributed by atoms with Gasteiger partial charge in [-0.15, -0.1) is 11.3 Å². The fraction of sp³-hybridized carbons (Fsp3) is 0.294. The summed E-state index contributed by atoms with van der Waals surface area (Å²) in [4.78, 5) is 3.58. The van der Waals surface area contributed by atoms with Crippen molar-refractivity contribution in [1.29, 1.82) is 0 Å². The smallest absolute Gasteiger partial charge is 0.118 e. The molecule has 0 aliphatic carbocycles. The van der Waals surface area contributed by atoms with Gasteiger partial charge < -0.3 is 14.4 Å². The average Bonchev–Trinajstić information content (AvgIpc) is 3.05. The van der Waals surface area contributed by atoms with Crippen LogP contribution in [0.2, 0.25) is 0 Å². The van der Waals surface area contributed by atoms with E-state index in [1.54, 1.807) is 18.4 Å². The minimum Gasteiger partial charge on any atom is -0.497 e. The summed E-state index contributed by atoms with van der Waals surface area (Å²) >= 11 is 1.79. The van der Waals surface area contributed by atoms with Crippen molar-refractivity contribution in [1.82, 2.24) is 0 Å². The molecule has 1 aliphatic rings. The molecule has 0 radical (unpaired) electrons. The van der Waals surface area contributed by atoms with Crippen LogP contribution < -0.4 is 9.64 Å². The van der Waals surface area contributed by atoms with Crippen molar-refractivity contribution in [3.05, 3.63) is 53.4 Å². The molecule has 0 N–H and O–H groups in total. The maximum atomic E-state index is 5.40. The van der Waals surface area contributed by atoms with Gasteiger partial charge in [0.1, 0.15) is 5.75 Å². The molecule has 3 nitrogen and oxygen atoms in total. The number of thiophene rings is 1. The Morgan fingerprint density at radius 2 is 1.86 bits per heavy atom. The van der Waals surface area contributed by atoms with Gasteiger partial charge in [0, 0.05) is 18.0 Å². The van der Waals surface area contributed by atoms with Gasteiger partial charge in [-0.05, 0) is 35.4 Å². The molecular formula is C17H19NO2S. The second-order valence-electron chi connectivity index (χ2n) is 4.94. The monoisotopic (exact) mass is 301 g/mol. The first-order valence-electron chi connectivity index (χ1n) is 7.04. The van der Waals surface area contributed by atoms with E-state index in [1.165, 1.54) is 9.88 Å². The predicted molar refractivity (Wildman–Crippen MR) is 88.5 cm³/mol. The van der Waals surface area contributed by atoms with E-state index in [1.807, 2.05) is 12.1 Å². The SMILES string of the molecule is C=C(c1ccc(OC)cc1)c1ccc(N2CCOCC2)s1. The van der Waals surface area contributed by atoms with Crippen LogP contribution in [0.15, 0.2) is 43.0 Å².